The van der Waals surface area contributed by atoms with E-state index in [1.165, 1.54) is 21.3 Å². The highest BCUT2D eigenvalue weighted by molar-refractivity contribution is 6.46. The molecule has 7 heteroatoms. The molecule has 1 heterocycles. The number of hydrogen-bond donors (Lipinski definition) is 2. The quantitative estimate of drug-likeness (QED) is 0.478. The second kappa shape index (κ2) is 7.41. The van der Waals surface area contributed by atoms with Crippen molar-refractivity contribution in [3.8, 4) is 17.2 Å². The summed E-state index contributed by atoms with van der Waals surface area (Å²) in [5.74, 6) is -0.405. The zero-order valence-corrected chi connectivity index (χ0v) is 15.1. The molecule has 0 spiro atoms. The third-order valence-electron chi connectivity index (χ3n) is 4.36. The second-order valence-electron chi connectivity index (χ2n) is 5.84. The molecule has 0 bridgehead atoms. The maximum absolute atomic E-state index is 12.5. The maximum atomic E-state index is 12.5. The van der Waals surface area contributed by atoms with Crippen molar-refractivity contribution in [2.45, 2.75) is 6.04 Å². The van der Waals surface area contributed by atoms with E-state index in [1.807, 2.05) is 0 Å². The number of rotatable bonds is 5. The van der Waals surface area contributed by atoms with E-state index in [0.29, 0.717) is 28.4 Å². The van der Waals surface area contributed by atoms with Crippen molar-refractivity contribution in [1.29, 1.82) is 0 Å². The molecule has 140 valence electrons. The molecule has 1 amide bonds. The van der Waals surface area contributed by atoms with E-state index in [4.69, 9.17) is 14.2 Å². The minimum Gasteiger partial charge on any atom is -0.507 e. The maximum Gasteiger partial charge on any atom is 0.293 e. The van der Waals surface area contributed by atoms with Crippen molar-refractivity contribution in [3.05, 3.63) is 59.2 Å². The van der Waals surface area contributed by atoms with Gasteiger partial charge in [-0.3, -0.25) is 9.59 Å². The Hall–Kier alpha value is -3.48. The normalized spacial score (nSPS) is 18.1. The van der Waals surface area contributed by atoms with Gasteiger partial charge in [-0.2, -0.15) is 0 Å². The molecule has 1 aliphatic heterocycles. The molecule has 1 fully saturated rings. The van der Waals surface area contributed by atoms with E-state index in [2.05, 4.69) is 5.32 Å². The smallest absolute Gasteiger partial charge is 0.293 e. The van der Waals surface area contributed by atoms with Crippen LogP contribution in [0, 0.1) is 0 Å². The van der Waals surface area contributed by atoms with E-state index in [1.54, 1.807) is 42.5 Å². The number of ether oxygens (including phenoxy) is 3. The summed E-state index contributed by atoms with van der Waals surface area (Å²) < 4.78 is 15.7. The molecule has 2 aromatic carbocycles. The number of amides is 1. The topological polar surface area (TPSA) is 94.1 Å². The van der Waals surface area contributed by atoms with Crippen LogP contribution in [-0.4, -0.2) is 38.1 Å². The molecular formula is C20H19NO6. The number of carbonyl (C=O) groups is 2. The summed E-state index contributed by atoms with van der Waals surface area (Å²) in [4.78, 5) is 24.6. The van der Waals surface area contributed by atoms with Gasteiger partial charge in [0.2, 0.25) is 0 Å². The highest BCUT2D eigenvalue weighted by Gasteiger charge is 2.41. The molecule has 0 aliphatic carbocycles. The monoisotopic (exact) mass is 369 g/mol. The van der Waals surface area contributed by atoms with Gasteiger partial charge < -0.3 is 24.6 Å². The lowest BCUT2D eigenvalue weighted by atomic mass is 9.95. The number of aliphatic hydroxyl groups is 1. The highest BCUT2D eigenvalue weighted by Crippen LogP contribution is 2.39. The first-order valence-electron chi connectivity index (χ1n) is 8.14. The Labute approximate surface area is 156 Å². The van der Waals surface area contributed by atoms with Crippen LogP contribution >= 0.6 is 0 Å². The highest BCUT2D eigenvalue weighted by atomic mass is 16.5. The molecule has 27 heavy (non-hydrogen) atoms. The standard InChI is InChI=1S/C20H19NO6/c1-25-12-6-4-5-11(9-12)18(22)16-17(21-20(24)19(16)23)14-10-13(26-2)7-8-15(14)27-3/h4-10,17,22H,1-3H3,(H,21,24)/t17-/m0/s1. The zero-order valence-electron chi connectivity index (χ0n) is 15.1. The minimum absolute atomic E-state index is 0.0557. The molecule has 7 nitrogen and oxygen atoms in total. The van der Waals surface area contributed by atoms with E-state index in [9.17, 15) is 14.7 Å². The summed E-state index contributed by atoms with van der Waals surface area (Å²) in [7, 11) is 4.49. The summed E-state index contributed by atoms with van der Waals surface area (Å²) in [5.41, 5.74) is 0.807. The number of hydrogen-bond acceptors (Lipinski definition) is 6. The van der Waals surface area contributed by atoms with Crippen LogP contribution in [0.2, 0.25) is 0 Å². The average Bonchev–Trinajstić information content (AvgIpc) is 3.01. The van der Waals surface area contributed by atoms with Crippen molar-refractivity contribution in [3.63, 3.8) is 0 Å². The van der Waals surface area contributed by atoms with Crippen molar-refractivity contribution in [1.82, 2.24) is 5.32 Å². The van der Waals surface area contributed by atoms with Gasteiger partial charge in [0.15, 0.2) is 0 Å². The number of ketones is 1. The first kappa shape index (κ1) is 18.3. The van der Waals surface area contributed by atoms with Gasteiger partial charge in [-0.1, -0.05) is 12.1 Å². The molecule has 1 saturated heterocycles. The fourth-order valence-electron chi connectivity index (χ4n) is 2.99. The zero-order chi connectivity index (χ0) is 19.6. The van der Waals surface area contributed by atoms with Crippen molar-refractivity contribution in [2.75, 3.05) is 21.3 Å². The summed E-state index contributed by atoms with van der Waals surface area (Å²) in [6, 6.07) is 10.8. The third kappa shape index (κ3) is 3.31. The fourth-order valence-corrected chi connectivity index (χ4v) is 2.99. The second-order valence-corrected chi connectivity index (χ2v) is 5.84. The Morgan fingerprint density at radius 2 is 1.67 bits per heavy atom. The van der Waals surface area contributed by atoms with Gasteiger partial charge in [0.05, 0.1) is 32.9 Å². The molecule has 0 saturated carbocycles. The Kier molecular flexibility index (Phi) is 5.03. The summed E-state index contributed by atoms with van der Waals surface area (Å²) in [6.45, 7) is 0. The van der Waals surface area contributed by atoms with Gasteiger partial charge in [0.25, 0.3) is 11.7 Å². The van der Waals surface area contributed by atoms with E-state index < -0.39 is 17.7 Å². The molecule has 3 rings (SSSR count). The number of benzene rings is 2. The molecule has 1 atom stereocenters. The van der Waals surface area contributed by atoms with Gasteiger partial charge in [-0.15, -0.1) is 0 Å². The molecule has 0 aromatic heterocycles. The van der Waals surface area contributed by atoms with Crippen LogP contribution in [0.5, 0.6) is 17.2 Å². The Morgan fingerprint density at radius 1 is 0.963 bits per heavy atom. The van der Waals surface area contributed by atoms with Crippen LogP contribution in [0.15, 0.2) is 48.0 Å². The van der Waals surface area contributed by atoms with Crippen LogP contribution in [0.3, 0.4) is 0 Å². The molecule has 2 N–H and O–H groups in total. The summed E-state index contributed by atoms with van der Waals surface area (Å²) in [5, 5.41) is 13.4. The molecule has 0 unspecified atom stereocenters. The largest absolute Gasteiger partial charge is 0.507 e. The van der Waals surface area contributed by atoms with Crippen molar-refractivity contribution in [2.24, 2.45) is 0 Å². The van der Waals surface area contributed by atoms with E-state index >= 15 is 0 Å². The van der Waals surface area contributed by atoms with E-state index in [-0.39, 0.29) is 11.3 Å². The number of carbonyl (C=O) groups excluding carboxylic acids is 2. The average molecular weight is 369 g/mol. The van der Waals surface area contributed by atoms with Crippen LogP contribution in [0.25, 0.3) is 5.76 Å². The molecule has 2 aromatic rings. The number of aliphatic hydroxyl groups excluding tert-OH is 1. The Morgan fingerprint density at radius 3 is 2.33 bits per heavy atom. The van der Waals surface area contributed by atoms with Crippen LogP contribution in [0.4, 0.5) is 0 Å². The van der Waals surface area contributed by atoms with Crippen molar-refractivity contribution >= 4 is 17.4 Å². The van der Waals surface area contributed by atoms with E-state index in [0.717, 1.165) is 0 Å². The Balaban J connectivity index is 2.18. The van der Waals surface area contributed by atoms with Gasteiger partial charge in [-0.05, 0) is 30.3 Å². The first-order chi connectivity index (χ1) is 13.0. The number of methoxy groups -OCH3 is 3. The molecular weight excluding hydrogens is 350 g/mol. The molecule has 0 radical (unpaired) electrons. The first-order valence-corrected chi connectivity index (χ1v) is 8.14. The lowest BCUT2D eigenvalue weighted by Gasteiger charge is -2.18. The number of Topliss-reactive ketones (excluding diaryl/α,β-unsaturated/α-hetero) is 1. The Bertz CT molecular complexity index is 934. The lowest BCUT2D eigenvalue weighted by Crippen LogP contribution is -2.21. The minimum atomic E-state index is -0.874. The van der Waals surface area contributed by atoms with Gasteiger partial charge in [0, 0.05) is 11.1 Å². The number of nitrogens with one attached hydrogen (secondary N) is 1. The predicted molar refractivity (Wildman–Crippen MR) is 98.0 cm³/mol. The van der Waals surface area contributed by atoms with Gasteiger partial charge >= 0.3 is 0 Å². The third-order valence-corrected chi connectivity index (χ3v) is 4.36. The lowest BCUT2D eigenvalue weighted by molar-refractivity contribution is -0.133. The van der Waals surface area contributed by atoms with Crippen LogP contribution in [0.1, 0.15) is 17.2 Å². The SMILES string of the molecule is COc1cccc(C(O)=C2C(=O)C(=O)N[C@H]2c2cc(OC)ccc2OC)c1. The summed E-state index contributed by atoms with van der Waals surface area (Å²) in [6.07, 6.45) is 0. The van der Waals surface area contributed by atoms with Gasteiger partial charge in [0.1, 0.15) is 23.0 Å². The van der Waals surface area contributed by atoms with Gasteiger partial charge in [-0.25, -0.2) is 0 Å². The summed E-state index contributed by atoms with van der Waals surface area (Å²) >= 11 is 0. The molecule has 1 aliphatic rings. The van der Waals surface area contributed by atoms with Crippen molar-refractivity contribution < 1.29 is 28.9 Å². The van der Waals surface area contributed by atoms with Crippen LogP contribution < -0.4 is 19.5 Å². The fraction of sp³-hybridized carbons (Fsp3) is 0.200. The predicted octanol–water partition coefficient (Wildman–Crippen LogP) is 2.42. The van der Waals surface area contributed by atoms with Crippen LogP contribution in [-0.2, 0) is 9.59 Å².